The van der Waals surface area contributed by atoms with Crippen LogP contribution < -0.4 is 21.3 Å². The zero-order chi connectivity index (χ0) is 13.7. The summed E-state index contributed by atoms with van der Waals surface area (Å²) in [5.41, 5.74) is 12.2. The molecule has 0 radical (unpaired) electrons. The number of nitrogens with zero attached hydrogens (tertiary/aromatic N) is 1. The van der Waals surface area contributed by atoms with Gasteiger partial charge in [0.05, 0.1) is 0 Å². The molecule has 7 heteroatoms. The molecule has 0 spiro atoms. The number of ether oxygens (including phenoxy) is 1. The van der Waals surface area contributed by atoms with Crippen LogP contribution in [-0.4, -0.2) is 18.8 Å². The van der Waals surface area contributed by atoms with Gasteiger partial charge < -0.3 is 16.2 Å². The van der Waals surface area contributed by atoms with E-state index in [2.05, 4.69) is 14.9 Å². The number of aryl methyl sites for hydroxylation is 2. The largest absolute Gasteiger partial charge is 0.434 e. The maximum atomic E-state index is 12.2. The number of alkyl halides is 2. The van der Waals surface area contributed by atoms with Gasteiger partial charge in [0.25, 0.3) is 5.96 Å². The Morgan fingerprint density at radius 3 is 2.33 bits per heavy atom. The monoisotopic (exact) mass is 257 g/mol. The fourth-order valence-electron chi connectivity index (χ4n) is 1.52. The standard InChI is InChI=1S/C11H14F2N4O/c1-6-3-8(5-16-17-11(14)15)4-7(2)9(6)18-10(12)13/h3-5,10H,1-2H3,(H4,14,15,17)/p+1/b16-5+. The highest BCUT2D eigenvalue weighted by Crippen LogP contribution is 2.25. The molecule has 1 aromatic carbocycles. The second-order valence-corrected chi connectivity index (χ2v) is 3.67. The van der Waals surface area contributed by atoms with Gasteiger partial charge in [0.2, 0.25) is 6.21 Å². The SMILES string of the molecule is Cc1cc(/C=[NH+]/N=C(N)N)cc(C)c1OC(F)F. The number of hydrazone groups is 1. The molecule has 0 amide bonds. The van der Waals surface area contributed by atoms with Crippen LogP contribution in [0.2, 0.25) is 0 Å². The highest BCUT2D eigenvalue weighted by atomic mass is 19.3. The summed E-state index contributed by atoms with van der Waals surface area (Å²) < 4.78 is 28.8. The van der Waals surface area contributed by atoms with E-state index in [-0.39, 0.29) is 11.7 Å². The Bertz CT molecular complexity index is 459. The summed E-state index contributed by atoms with van der Waals surface area (Å²) in [6, 6.07) is 3.36. The summed E-state index contributed by atoms with van der Waals surface area (Å²) in [6.07, 6.45) is 1.55. The number of halogens is 2. The Hall–Kier alpha value is -2.18. The van der Waals surface area contributed by atoms with Crippen molar-refractivity contribution in [3.8, 4) is 5.75 Å². The molecule has 0 heterocycles. The Balaban J connectivity index is 2.99. The molecular formula is C11H15F2N4O+. The van der Waals surface area contributed by atoms with Gasteiger partial charge in [-0.3, -0.25) is 0 Å². The van der Waals surface area contributed by atoms with E-state index in [1.807, 2.05) is 0 Å². The number of nitrogens with two attached hydrogens (primary N) is 2. The van der Waals surface area contributed by atoms with Crippen LogP contribution in [0.1, 0.15) is 16.7 Å². The van der Waals surface area contributed by atoms with Crippen LogP contribution >= 0.6 is 0 Å². The van der Waals surface area contributed by atoms with Crippen molar-refractivity contribution in [1.29, 1.82) is 0 Å². The lowest BCUT2D eigenvalue weighted by molar-refractivity contribution is -0.456. The molecule has 18 heavy (non-hydrogen) atoms. The van der Waals surface area contributed by atoms with Crippen molar-refractivity contribution < 1.29 is 18.6 Å². The van der Waals surface area contributed by atoms with E-state index >= 15 is 0 Å². The third kappa shape index (κ3) is 4.00. The normalized spacial score (nSPS) is 10.9. The Morgan fingerprint density at radius 2 is 1.89 bits per heavy atom. The third-order valence-electron chi connectivity index (χ3n) is 2.11. The molecule has 0 atom stereocenters. The molecule has 5 N–H and O–H groups in total. The minimum Gasteiger partial charge on any atom is -0.434 e. The molecule has 0 saturated carbocycles. The van der Waals surface area contributed by atoms with Crippen molar-refractivity contribution in [2.24, 2.45) is 16.6 Å². The smallest absolute Gasteiger partial charge is 0.387 e. The Kier molecular flexibility index (Phi) is 4.59. The lowest BCUT2D eigenvalue weighted by atomic mass is 10.1. The highest BCUT2D eigenvalue weighted by Gasteiger charge is 2.11. The van der Waals surface area contributed by atoms with Crippen LogP contribution in [0.15, 0.2) is 17.2 Å². The van der Waals surface area contributed by atoms with Gasteiger partial charge in [-0.25, -0.2) is 0 Å². The maximum Gasteiger partial charge on any atom is 0.387 e. The first-order valence-corrected chi connectivity index (χ1v) is 5.13. The number of nitrogens with one attached hydrogen (secondary N) is 1. The van der Waals surface area contributed by atoms with E-state index in [9.17, 15) is 8.78 Å². The lowest BCUT2D eigenvalue weighted by Crippen LogP contribution is -2.63. The zero-order valence-electron chi connectivity index (χ0n) is 10.1. The number of rotatable bonds is 4. The van der Waals surface area contributed by atoms with Gasteiger partial charge in [-0.1, -0.05) is 0 Å². The van der Waals surface area contributed by atoms with Gasteiger partial charge in [-0.2, -0.15) is 8.78 Å². The van der Waals surface area contributed by atoms with Crippen LogP contribution in [0.25, 0.3) is 0 Å². The first-order chi connectivity index (χ1) is 8.40. The maximum absolute atomic E-state index is 12.2. The molecule has 0 aliphatic heterocycles. The van der Waals surface area contributed by atoms with E-state index in [0.717, 1.165) is 5.56 Å². The molecule has 0 aliphatic carbocycles. The number of guanidine groups is 1. The van der Waals surface area contributed by atoms with Crippen LogP contribution in [0.4, 0.5) is 8.78 Å². The van der Waals surface area contributed by atoms with Crippen LogP contribution in [0, 0.1) is 13.8 Å². The Labute approximate surface area is 103 Å². The molecular weight excluding hydrogens is 242 g/mol. The minimum absolute atomic E-state index is 0.0997. The molecule has 0 fully saturated rings. The third-order valence-corrected chi connectivity index (χ3v) is 2.11. The van der Waals surface area contributed by atoms with Gasteiger partial charge in [0.1, 0.15) is 5.75 Å². The summed E-state index contributed by atoms with van der Waals surface area (Å²) in [6.45, 7) is 0.530. The topological polar surface area (TPSA) is 87.6 Å². The van der Waals surface area contributed by atoms with E-state index in [1.165, 1.54) is 0 Å². The quantitative estimate of drug-likeness (QED) is 0.389. The summed E-state index contributed by atoms with van der Waals surface area (Å²) in [5.74, 6) is 0.0846. The van der Waals surface area contributed by atoms with Crippen molar-refractivity contribution in [3.05, 3.63) is 28.8 Å². The van der Waals surface area contributed by atoms with Crippen LogP contribution in [0.3, 0.4) is 0 Å². The summed E-state index contributed by atoms with van der Waals surface area (Å²) in [7, 11) is 0. The number of hydrogen-bond acceptors (Lipinski definition) is 2. The lowest BCUT2D eigenvalue weighted by Gasteiger charge is -2.11. The first-order valence-electron chi connectivity index (χ1n) is 5.13. The number of hydrogen-bond donors (Lipinski definition) is 3. The molecule has 0 bridgehead atoms. The average Bonchev–Trinajstić information content (AvgIpc) is 2.22. The molecule has 0 saturated heterocycles. The van der Waals surface area contributed by atoms with Crippen molar-refractivity contribution in [2.45, 2.75) is 20.5 Å². The molecule has 0 aliphatic rings. The molecule has 1 rings (SSSR count). The van der Waals surface area contributed by atoms with Gasteiger partial charge >= 0.3 is 6.61 Å². The van der Waals surface area contributed by atoms with E-state index in [4.69, 9.17) is 11.5 Å². The van der Waals surface area contributed by atoms with Crippen LogP contribution in [-0.2, 0) is 0 Å². The molecule has 0 unspecified atom stereocenters. The first kappa shape index (κ1) is 13.9. The van der Waals surface area contributed by atoms with Gasteiger partial charge in [0.15, 0.2) is 0 Å². The fourth-order valence-corrected chi connectivity index (χ4v) is 1.52. The van der Waals surface area contributed by atoms with Crippen molar-refractivity contribution in [2.75, 3.05) is 0 Å². The van der Waals surface area contributed by atoms with Gasteiger partial charge in [-0.05, 0) is 37.1 Å². The van der Waals surface area contributed by atoms with Gasteiger partial charge in [0, 0.05) is 10.7 Å². The molecule has 0 aromatic heterocycles. The van der Waals surface area contributed by atoms with Gasteiger partial charge in [-0.15, -0.1) is 5.10 Å². The van der Waals surface area contributed by atoms with Crippen LogP contribution in [0.5, 0.6) is 5.75 Å². The molecule has 1 aromatic rings. The number of benzene rings is 1. The van der Waals surface area contributed by atoms with Crippen molar-refractivity contribution in [3.63, 3.8) is 0 Å². The predicted octanol–water partition coefficient (Wildman–Crippen LogP) is -0.407. The van der Waals surface area contributed by atoms with Crippen molar-refractivity contribution >= 4 is 12.2 Å². The predicted molar refractivity (Wildman–Crippen MR) is 64.5 cm³/mol. The van der Waals surface area contributed by atoms with E-state index in [0.29, 0.717) is 11.1 Å². The van der Waals surface area contributed by atoms with E-state index < -0.39 is 6.61 Å². The second-order valence-electron chi connectivity index (χ2n) is 3.67. The average molecular weight is 257 g/mol. The Morgan fingerprint density at radius 1 is 1.33 bits per heavy atom. The highest BCUT2D eigenvalue weighted by molar-refractivity contribution is 5.78. The molecule has 5 nitrogen and oxygen atoms in total. The summed E-state index contributed by atoms with van der Waals surface area (Å²) in [5, 5.41) is 6.11. The zero-order valence-corrected chi connectivity index (χ0v) is 10.1. The van der Waals surface area contributed by atoms with Crippen molar-refractivity contribution in [1.82, 2.24) is 0 Å². The molecule has 98 valence electrons. The summed E-state index contributed by atoms with van der Waals surface area (Å²) >= 11 is 0. The fraction of sp³-hybridized carbons (Fsp3) is 0.273. The second kappa shape index (κ2) is 5.95. The van der Waals surface area contributed by atoms with E-state index in [1.54, 1.807) is 32.2 Å². The summed E-state index contributed by atoms with van der Waals surface area (Å²) in [4.78, 5) is 0. The minimum atomic E-state index is -2.84.